The molecule has 1 N–H and O–H groups in total. The van der Waals surface area contributed by atoms with Crippen molar-refractivity contribution in [3.05, 3.63) is 0 Å². The van der Waals surface area contributed by atoms with Crippen molar-refractivity contribution >= 4 is 24.6 Å². The smallest absolute Gasteiger partial charge is 0.324 e. The number of carbonyl (C=O) groups is 2. The van der Waals surface area contributed by atoms with E-state index in [-0.39, 0.29) is 17.9 Å². The zero-order valence-electron chi connectivity index (χ0n) is 8.70. The van der Waals surface area contributed by atoms with Gasteiger partial charge in [0.1, 0.15) is 5.54 Å². The summed E-state index contributed by atoms with van der Waals surface area (Å²) in [6.45, 7) is 5.81. The topological polar surface area (TPSA) is 49.4 Å². The fourth-order valence-corrected chi connectivity index (χ4v) is 1.47. The summed E-state index contributed by atoms with van der Waals surface area (Å²) in [6, 6.07) is -0.298. The Hall–Kier alpha value is -0.710. The molecule has 14 heavy (non-hydrogen) atoms. The van der Waals surface area contributed by atoms with Gasteiger partial charge in [-0.3, -0.25) is 9.69 Å². The standard InChI is InChI=1S/C9H16N2O2S/c1-6(5-14)4-11-7(12)9(2,3)10-8(11)13/h6,14H,4-5H2,1-3H3,(H,10,13). The summed E-state index contributed by atoms with van der Waals surface area (Å²) in [4.78, 5) is 24.4. The van der Waals surface area contributed by atoms with Crippen molar-refractivity contribution in [1.82, 2.24) is 10.2 Å². The van der Waals surface area contributed by atoms with Gasteiger partial charge in [0.2, 0.25) is 0 Å². The second-order valence-corrected chi connectivity index (χ2v) is 4.62. The summed E-state index contributed by atoms with van der Waals surface area (Å²) >= 11 is 4.12. The molecule has 1 saturated heterocycles. The zero-order valence-corrected chi connectivity index (χ0v) is 9.60. The number of thiol groups is 1. The first-order chi connectivity index (χ1) is 6.38. The van der Waals surface area contributed by atoms with Gasteiger partial charge in [-0.15, -0.1) is 0 Å². The fourth-order valence-electron chi connectivity index (χ4n) is 1.35. The number of carbonyl (C=O) groups excluding carboxylic acids is 2. The number of amides is 3. The maximum atomic E-state index is 11.7. The average Bonchev–Trinajstić information content (AvgIpc) is 2.28. The molecule has 0 aliphatic carbocycles. The molecular weight excluding hydrogens is 200 g/mol. The lowest BCUT2D eigenvalue weighted by Gasteiger charge is -2.18. The average molecular weight is 216 g/mol. The highest BCUT2D eigenvalue weighted by Gasteiger charge is 2.44. The van der Waals surface area contributed by atoms with Crippen molar-refractivity contribution in [3.63, 3.8) is 0 Å². The van der Waals surface area contributed by atoms with Gasteiger partial charge in [0.25, 0.3) is 5.91 Å². The van der Waals surface area contributed by atoms with E-state index in [4.69, 9.17) is 0 Å². The molecule has 1 heterocycles. The molecule has 0 radical (unpaired) electrons. The van der Waals surface area contributed by atoms with Crippen LogP contribution in [0.2, 0.25) is 0 Å². The summed E-state index contributed by atoms with van der Waals surface area (Å²) in [5.74, 6) is 0.732. The number of imide groups is 1. The third kappa shape index (κ3) is 2.03. The van der Waals surface area contributed by atoms with E-state index in [1.807, 2.05) is 6.92 Å². The molecule has 1 rings (SSSR count). The van der Waals surface area contributed by atoms with E-state index in [0.29, 0.717) is 12.3 Å². The van der Waals surface area contributed by atoms with E-state index in [1.54, 1.807) is 13.8 Å². The summed E-state index contributed by atoms with van der Waals surface area (Å²) in [7, 11) is 0. The molecule has 5 heteroatoms. The van der Waals surface area contributed by atoms with Crippen LogP contribution in [0, 0.1) is 5.92 Å². The first-order valence-electron chi connectivity index (χ1n) is 4.63. The fraction of sp³-hybridized carbons (Fsp3) is 0.778. The Morgan fingerprint density at radius 2 is 2.07 bits per heavy atom. The molecule has 1 aliphatic rings. The first-order valence-corrected chi connectivity index (χ1v) is 5.26. The second-order valence-electron chi connectivity index (χ2n) is 4.26. The van der Waals surface area contributed by atoms with Crippen LogP contribution in [0.25, 0.3) is 0 Å². The number of rotatable bonds is 3. The lowest BCUT2D eigenvalue weighted by molar-refractivity contribution is -0.130. The minimum Gasteiger partial charge on any atom is -0.324 e. The molecule has 0 aromatic carbocycles. The van der Waals surface area contributed by atoms with E-state index in [0.717, 1.165) is 0 Å². The van der Waals surface area contributed by atoms with Crippen molar-refractivity contribution < 1.29 is 9.59 Å². The molecule has 1 unspecified atom stereocenters. The summed E-state index contributed by atoms with van der Waals surface area (Å²) in [5, 5.41) is 2.63. The van der Waals surface area contributed by atoms with Crippen LogP contribution in [-0.4, -0.2) is 34.7 Å². The third-order valence-electron chi connectivity index (χ3n) is 2.25. The highest BCUT2D eigenvalue weighted by atomic mass is 32.1. The maximum Gasteiger partial charge on any atom is 0.325 e. The summed E-state index contributed by atoms with van der Waals surface area (Å²) in [6.07, 6.45) is 0. The Kier molecular flexibility index (Phi) is 3.09. The molecule has 0 bridgehead atoms. The largest absolute Gasteiger partial charge is 0.325 e. The minimum atomic E-state index is -0.757. The number of urea groups is 1. The number of nitrogens with one attached hydrogen (secondary N) is 1. The van der Waals surface area contributed by atoms with Crippen LogP contribution in [-0.2, 0) is 4.79 Å². The molecule has 1 fully saturated rings. The predicted molar refractivity (Wildman–Crippen MR) is 57.3 cm³/mol. The van der Waals surface area contributed by atoms with Gasteiger partial charge in [0.15, 0.2) is 0 Å². The second kappa shape index (κ2) is 3.81. The molecule has 0 spiro atoms. The normalized spacial score (nSPS) is 22.4. The van der Waals surface area contributed by atoms with Crippen LogP contribution in [0.1, 0.15) is 20.8 Å². The van der Waals surface area contributed by atoms with Gasteiger partial charge >= 0.3 is 6.03 Å². The van der Waals surface area contributed by atoms with Gasteiger partial charge < -0.3 is 5.32 Å². The third-order valence-corrected chi connectivity index (χ3v) is 2.87. The van der Waals surface area contributed by atoms with Gasteiger partial charge in [0.05, 0.1) is 0 Å². The quantitative estimate of drug-likeness (QED) is 0.543. The zero-order chi connectivity index (χ0) is 10.9. The van der Waals surface area contributed by atoms with E-state index < -0.39 is 5.54 Å². The van der Waals surface area contributed by atoms with Crippen LogP contribution in [0.4, 0.5) is 4.79 Å². The van der Waals surface area contributed by atoms with Gasteiger partial charge in [-0.05, 0) is 25.5 Å². The van der Waals surface area contributed by atoms with Crippen LogP contribution in [0.5, 0.6) is 0 Å². The molecule has 0 aromatic rings. The van der Waals surface area contributed by atoms with Gasteiger partial charge in [-0.1, -0.05) is 6.92 Å². The Bertz CT molecular complexity index is 266. The van der Waals surface area contributed by atoms with E-state index in [2.05, 4.69) is 17.9 Å². The maximum absolute atomic E-state index is 11.7. The molecule has 1 atom stereocenters. The monoisotopic (exact) mass is 216 g/mol. The Balaban J connectivity index is 2.71. The predicted octanol–water partition coefficient (Wildman–Crippen LogP) is 0.883. The number of hydrogen-bond acceptors (Lipinski definition) is 3. The van der Waals surface area contributed by atoms with Crippen molar-refractivity contribution in [2.75, 3.05) is 12.3 Å². The minimum absolute atomic E-state index is 0.156. The molecule has 3 amide bonds. The van der Waals surface area contributed by atoms with Crippen LogP contribution < -0.4 is 5.32 Å². The molecule has 80 valence electrons. The molecular formula is C9H16N2O2S. The SMILES string of the molecule is CC(CS)CN1C(=O)NC(C)(C)C1=O. The van der Waals surface area contributed by atoms with E-state index in [9.17, 15) is 9.59 Å². The highest BCUT2D eigenvalue weighted by Crippen LogP contribution is 2.17. The van der Waals surface area contributed by atoms with Crippen LogP contribution in [0.15, 0.2) is 0 Å². The van der Waals surface area contributed by atoms with Gasteiger partial charge in [-0.25, -0.2) is 4.79 Å². The molecule has 1 aliphatic heterocycles. The van der Waals surface area contributed by atoms with Crippen molar-refractivity contribution in [1.29, 1.82) is 0 Å². The Morgan fingerprint density at radius 1 is 1.50 bits per heavy atom. The molecule has 0 saturated carbocycles. The van der Waals surface area contributed by atoms with Crippen LogP contribution in [0.3, 0.4) is 0 Å². The van der Waals surface area contributed by atoms with Gasteiger partial charge in [-0.2, -0.15) is 12.6 Å². The molecule has 4 nitrogen and oxygen atoms in total. The van der Waals surface area contributed by atoms with Crippen molar-refractivity contribution in [2.24, 2.45) is 5.92 Å². The van der Waals surface area contributed by atoms with E-state index >= 15 is 0 Å². The van der Waals surface area contributed by atoms with Crippen LogP contribution >= 0.6 is 12.6 Å². The number of nitrogens with zero attached hydrogens (tertiary/aromatic N) is 1. The highest BCUT2D eigenvalue weighted by molar-refractivity contribution is 7.80. The van der Waals surface area contributed by atoms with Gasteiger partial charge in [0, 0.05) is 6.54 Å². The molecule has 0 aromatic heterocycles. The summed E-state index contributed by atoms with van der Waals surface area (Å²) < 4.78 is 0. The Labute approximate surface area is 89.4 Å². The number of hydrogen-bond donors (Lipinski definition) is 2. The lowest BCUT2D eigenvalue weighted by atomic mass is 10.1. The van der Waals surface area contributed by atoms with E-state index in [1.165, 1.54) is 4.90 Å². The lowest BCUT2D eigenvalue weighted by Crippen LogP contribution is -2.41. The Morgan fingerprint density at radius 3 is 2.43 bits per heavy atom. The summed E-state index contributed by atoms with van der Waals surface area (Å²) in [5.41, 5.74) is -0.757. The van der Waals surface area contributed by atoms with Crippen molar-refractivity contribution in [2.45, 2.75) is 26.3 Å². The first kappa shape index (κ1) is 11.4. The van der Waals surface area contributed by atoms with Crippen molar-refractivity contribution in [3.8, 4) is 0 Å².